The van der Waals surface area contributed by atoms with Crippen LogP contribution in [0.15, 0.2) is 114 Å². The number of phosphoric ester groups is 2. The van der Waals surface area contributed by atoms with Gasteiger partial charge in [0.15, 0.2) is 12.3 Å². The van der Waals surface area contributed by atoms with E-state index in [-0.39, 0.29) is 18.7 Å². The molecule has 1 aliphatic heterocycles. The molecule has 410 valence electrons. The SMILES string of the molecule is CCCCC/C=C\C=C/[C@H](O)C/C=C\C/C=C/CCCC(=O)O[C@H](COC(=O)CCC/C=C\C/C=C\C/C=C\C/C=C\CCCCC)COP(=O)(O)OP(=O)(O)OC[C@H]1O[C@@H](n2ccc(N)nc2=O)[C@H](O)[C@@H]1O. The van der Waals surface area contributed by atoms with Crippen molar-refractivity contribution in [2.24, 2.45) is 0 Å². The van der Waals surface area contributed by atoms with Crippen LogP contribution in [0, 0.1) is 0 Å². The highest BCUT2D eigenvalue weighted by molar-refractivity contribution is 7.61. The van der Waals surface area contributed by atoms with Gasteiger partial charge in [-0.25, -0.2) is 13.9 Å². The number of rotatable bonds is 40. The van der Waals surface area contributed by atoms with Gasteiger partial charge in [0.1, 0.15) is 30.7 Å². The molecule has 0 aliphatic carbocycles. The van der Waals surface area contributed by atoms with Crippen LogP contribution in [0.25, 0.3) is 0 Å². The van der Waals surface area contributed by atoms with Crippen LogP contribution in [0.5, 0.6) is 0 Å². The van der Waals surface area contributed by atoms with E-state index in [1.165, 1.54) is 38.2 Å². The van der Waals surface area contributed by atoms with Gasteiger partial charge in [0, 0.05) is 19.0 Å². The molecule has 0 spiro atoms. The molecular formula is C52H81N3O16P2. The highest BCUT2D eigenvalue weighted by Gasteiger charge is 2.46. The summed E-state index contributed by atoms with van der Waals surface area (Å²) in [5.41, 5.74) is 4.57. The average Bonchev–Trinajstić information content (AvgIpc) is 3.62. The molecule has 8 atom stereocenters. The van der Waals surface area contributed by atoms with Crippen molar-refractivity contribution in [1.82, 2.24) is 9.55 Å². The van der Waals surface area contributed by atoms with Gasteiger partial charge in [-0.3, -0.25) is 23.2 Å². The van der Waals surface area contributed by atoms with E-state index in [0.29, 0.717) is 38.5 Å². The maximum Gasteiger partial charge on any atom is 0.481 e. The third-order valence-corrected chi connectivity index (χ3v) is 13.3. The number of esters is 2. The number of allylic oxidation sites excluding steroid dienone is 14. The van der Waals surface area contributed by atoms with Crippen molar-refractivity contribution in [2.75, 3.05) is 25.6 Å². The first-order chi connectivity index (χ1) is 35.1. The van der Waals surface area contributed by atoms with Crippen LogP contribution in [0.1, 0.15) is 142 Å². The average molecular weight is 1070 g/mol. The Morgan fingerprint density at radius 1 is 0.726 bits per heavy atom. The Hall–Kier alpha value is -4.36. The number of unbranched alkanes of at least 4 members (excludes halogenated alkanes) is 8. The summed E-state index contributed by atoms with van der Waals surface area (Å²) in [5, 5.41) is 31.0. The van der Waals surface area contributed by atoms with E-state index in [4.69, 9.17) is 29.0 Å². The van der Waals surface area contributed by atoms with Gasteiger partial charge in [0.25, 0.3) is 0 Å². The Morgan fingerprint density at radius 3 is 1.85 bits per heavy atom. The van der Waals surface area contributed by atoms with Crippen molar-refractivity contribution in [3.63, 3.8) is 0 Å². The fraction of sp³-hybridized carbons (Fsp3) is 0.577. The summed E-state index contributed by atoms with van der Waals surface area (Å²) in [6, 6.07) is 1.23. The van der Waals surface area contributed by atoms with Gasteiger partial charge >= 0.3 is 33.3 Å². The number of phosphoric acid groups is 2. The van der Waals surface area contributed by atoms with Gasteiger partial charge in [-0.1, -0.05) is 137 Å². The van der Waals surface area contributed by atoms with Crippen molar-refractivity contribution in [3.8, 4) is 0 Å². The zero-order chi connectivity index (χ0) is 53.6. The number of aromatic nitrogens is 2. The maximum atomic E-state index is 12.8. The zero-order valence-electron chi connectivity index (χ0n) is 42.5. The van der Waals surface area contributed by atoms with Crippen LogP contribution in [0.3, 0.4) is 0 Å². The van der Waals surface area contributed by atoms with Crippen LogP contribution in [-0.2, 0) is 46.3 Å². The first-order valence-electron chi connectivity index (χ1n) is 25.4. The summed E-state index contributed by atoms with van der Waals surface area (Å²) in [5.74, 6) is -1.49. The van der Waals surface area contributed by atoms with E-state index in [0.717, 1.165) is 49.3 Å². The monoisotopic (exact) mass is 1070 g/mol. The van der Waals surface area contributed by atoms with E-state index in [1.54, 1.807) is 6.08 Å². The predicted octanol–water partition coefficient (Wildman–Crippen LogP) is 9.41. The standard InChI is InChI=1S/C52H81N3O16P2/c1-3-5-7-9-11-12-13-14-15-16-17-18-19-20-24-28-32-36-47(57)66-40-44(69-48(58)37-33-29-25-21-23-27-31-35-43(56)34-30-26-22-10-8-6-4-2)41-67-72(62,63)71-73(64,65)68-42-45-49(59)50(60)51(70-45)55-39-38-46(53)54-52(55)61/h11-12,14-15,17-18,20-22,24-27,30-31,34,38-39,43-45,49-51,56,59-60H,3-10,13,16,19,23,28-29,32-33,35-37,40-42H2,1-2H3,(H,62,63)(H,64,65)(H2,53,54,61)/b12-11-,15-14-,18-17-,24-20-,25-21+,26-22-,31-27-,34-30-/t43-,44+,45+,49+,50+,51+/m0/s1. The Morgan fingerprint density at radius 2 is 1.26 bits per heavy atom. The number of carbonyl (C=O) groups is 2. The molecule has 0 aromatic carbocycles. The molecule has 7 N–H and O–H groups in total. The largest absolute Gasteiger partial charge is 0.481 e. The minimum Gasteiger partial charge on any atom is -0.462 e. The lowest BCUT2D eigenvalue weighted by Gasteiger charge is -2.21. The molecule has 2 rings (SSSR count). The van der Waals surface area contributed by atoms with E-state index in [1.807, 2.05) is 48.6 Å². The number of anilines is 1. The topological polar surface area (TPSA) is 286 Å². The molecule has 0 saturated carbocycles. The van der Waals surface area contributed by atoms with Crippen LogP contribution >= 0.6 is 15.6 Å². The second-order valence-electron chi connectivity index (χ2n) is 17.2. The van der Waals surface area contributed by atoms with Crippen molar-refractivity contribution in [2.45, 2.75) is 173 Å². The summed E-state index contributed by atoms with van der Waals surface area (Å²) < 4.78 is 56.6. The normalized spacial score (nSPS) is 20.2. The molecule has 0 bridgehead atoms. The van der Waals surface area contributed by atoms with Crippen LogP contribution < -0.4 is 11.4 Å². The molecule has 21 heteroatoms. The summed E-state index contributed by atoms with van der Waals surface area (Å²) in [6.07, 6.45) is 39.5. The van der Waals surface area contributed by atoms with Crippen molar-refractivity contribution < 1.29 is 71.4 Å². The number of hydrogen-bond donors (Lipinski definition) is 6. The van der Waals surface area contributed by atoms with Gasteiger partial charge < -0.3 is 45.1 Å². The Labute approximate surface area is 431 Å². The molecular weight excluding hydrogens is 985 g/mol. The van der Waals surface area contributed by atoms with E-state index in [9.17, 15) is 48.6 Å². The van der Waals surface area contributed by atoms with Crippen molar-refractivity contribution in [3.05, 3.63) is 120 Å². The van der Waals surface area contributed by atoms with E-state index >= 15 is 0 Å². The van der Waals surface area contributed by atoms with Gasteiger partial charge in [-0.2, -0.15) is 9.29 Å². The molecule has 1 fully saturated rings. The van der Waals surface area contributed by atoms with Crippen LogP contribution in [-0.4, -0.2) is 96.9 Å². The molecule has 1 aliphatic rings. The molecule has 0 amide bonds. The number of aliphatic hydroxyl groups is 3. The number of nitrogen functional groups attached to an aromatic ring is 1. The Kier molecular flexibility index (Phi) is 34.7. The number of nitrogens with two attached hydrogens (primary N) is 1. The number of nitrogens with zero attached hydrogens (tertiary/aromatic N) is 2. The quantitative estimate of drug-likeness (QED) is 0.0117. The number of aliphatic hydroxyl groups excluding tert-OH is 3. The molecule has 1 saturated heterocycles. The lowest BCUT2D eigenvalue weighted by molar-refractivity contribution is -0.161. The third-order valence-electron chi connectivity index (χ3n) is 10.7. The maximum absolute atomic E-state index is 12.8. The summed E-state index contributed by atoms with van der Waals surface area (Å²) in [4.78, 5) is 61.9. The van der Waals surface area contributed by atoms with E-state index in [2.05, 4.69) is 65.7 Å². The second kappa shape index (κ2) is 39.1. The Bertz CT molecular complexity index is 2120. The smallest absolute Gasteiger partial charge is 0.462 e. The minimum absolute atomic E-state index is 0.0208. The van der Waals surface area contributed by atoms with Gasteiger partial charge in [0.2, 0.25) is 0 Å². The first kappa shape index (κ1) is 64.8. The fourth-order valence-corrected chi connectivity index (χ4v) is 8.84. The van der Waals surface area contributed by atoms with Gasteiger partial charge in [0.05, 0.1) is 19.3 Å². The molecule has 73 heavy (non-hydrogen) atoms. The second-order valence-corrected chi connectivity index (χ2v) is 20.2. The van der Waals surface area contributed by atoms with E-state index < -0.39 is 89.8 Å². The van der Waals surface area contributed by atoms with Gasteiger partial charge in [-0.15, -0.1) is 0 Å². The predicted molar refractivity (Wildman–Crippen MR) is 281 cm³/mol. The summed E-state index contributed by atoms with van der Waals surface area (Å²) in [6.45, 7) is 1.89. The molecule has 1 aromatic rings. The molecule has 1 aromatic heterocycles. The molecule has 2 unspecified atom stereocenters. The van der Waals surface area contributed by atoms with Crippen molar-refractivity contribution in [1.29, 1.82) is 0 Å². The molecule has 2 heterocycles. The summed E-state index contributed by atoms with van der Waals surface area (Å²) in [7, 11) is -10.9. The third kappa shape index (κ3) is 31.9. The number of ether oxygens (including phenoxy) is 3. The van der Waals surface area contributed by atoms with Crippen LogP contribution in [0.2, 0.25) is 0 Å². The van der Waals surface area contributed by atoms with Crippen molar-refractivity contribution >= 4 is 33.4 Å². The Balaban J connectivity index is 1.88. The lowest BCUT2D eigenvalue weighted by Crippen LogP contribution is -2.36. The molecule has 0 radical (unpaired) electrons. The van der Waals surface area contributed by atoms with Gasteiger partial charge in [-0.05, 0) is 89.5 Å². The highest BCUT2D eigenvalue weighted by atomic mass is 31.3. The highest BCUT2D eigenvalue weighted by Crippen LogP contribution is 2.60. The lowest BCUT2D eigenvalue weighted by atomic mass is 10.1. The first-order valence-corrected chi connectivity index (χ1v) is 28.3. The van der Waals surface area contributed by atoms with Crippen LogP contribution in [0.4, 0.5) is 5.82 Å². The number of hydrogen-bond acceptors (Lipinski definition) is 16. The summed E-state index contributed by atoms with van der Waals surface area (Å²) >= 11 is 0. The minimum atomic E-state index is -5.47. The molecule has 19 nitrogen and oxygen atoms in total. The zero-order valence-corrected chi connectivity index (χ0v) is 44.3. The number of carbonyl (C=O) groups excluding carboxylic acids is 2. The fourth-order valence-electron chi connectivity index (χ4n) is 6.73.